The predicted molar refractivity (Wildman–Crippen MR) is 195 cm³/mol. The molecule has 2 atom stereocenters. The van der Waals surface area contributed by atoms with Gasteiger partial charge in [-0.25, -0.2) is 28.1 Å². The van der Waals surface area contributed by atoms with Crippen LogP contribution in [-0.2, 0) is 22.9 Å². The molecular formula is C39H51N5O4S. The highest BCUT2D eigenvalue weighted by Crippen LogP contribution is 2.40. The first-order valence-electron chi connectivity index (χ1n) is 17.3. The molecule has 0 saturated heterocycles. The number of hydrogen-bond acceptors (Lipinski definition) is 8. The average molecular weight is 686 g/mol. The molecule has 9 nitrogen and oxygen atoms in total. The van der Waals surface area contributed by atoms with Crippen LogP contribution >= 0.6 is 0 Å². The number of hydrogen-bond donors (Lipinski definition) is 1. The summed E-state index contributed by atoms with van der Waals surface area (Å²) in [6.07, 6.45) is 6.61. The minimum atomic E-state index is -4.04. The van der Waals surface area contributed by atoms with E-state index in [0.29, 0.717) is 42.1 Å². The van der Waals surface area contributed by atoms with Gasteiger partial charge in [0.15, 0.2) is 5.75 Å². The number of benzene rings is 2. The lowest BCUT2D eigenvalue weighted by Gasteiger charge is -2.33. The van der Waals surface area contributed by atoms with Gasteiger partial charge in [0.2, 0.25) is 11.8 Å². The third-order valence-electron chi connectivity index (χ3n) is 8.84. The number of nitrogens with zero attached hydrogens (tertiary/aromatic N) is 4. The van der Waals surface area contributed by atoms with E-state index in [0.717, 1.165) is 41.5 Å². The summed E-state index contributed by atoms with van der Waals surface area (Å²) in [4.78, 5) is 19.0. The first-order valence-corrected chi connectivity index (χ1v) is 18.8. The van der Waals surface area contributed by atoms with Crippen molar-refractivity contribution in [1.29, 1.82) is 0 Å². The highest BCUT2D eigenvalue weighted by molar-refractivity contribution is 7.92. The van der Waals surface area contributed by atoms with Crippen LogP contribution in [0.15, 0.2) is 59.8 Å². The summed E-state index contributed by atoms with van der Waals surface area (Å²) in [6.45, 7) is 19.4. The standard InChI is InChI=1S/C39H51N5O4S/c1-24(2)16-17-28-13-10-12-26(5)35(28)36-27(6)37-43-38(42-36)44-49(45,46)32-15-11-14-29(18-32)33(30(23-47-37)20-39(7,8)9)19-34-40-21-31(22-41-34)48-25(3)4/h10-15,18,21-22,24-25,30,33H,16-17,19-20,23H2,1-9H3,(H,42,43,44)/t30-,33?/m1/s1. The summed E-state index contributed by atoms with van der Waals surface area (Å²) >= 11 is 0. The Kier molecular flexibility index (Phi) is 11.0. The minimum Gasteiger partial charge on any atom is -0.488 e. The molecule has 10 heteroatoms. The van der Waals surface area contributed by atoms with Crippen molar-refractivity contribution in [2.75, 3.05) is 11.3 Å². The minimum absolute atomic E-state index is 0.0103. The third-order valence-corrected chi connectivity index (χ3v) is 10.2. The van der Waals surface area contributed by atoms with E-state index in [1.807, 2.05) is 26.8 Å². The Morgan fingerprint density at radius 1 is 1.00 bits per heavy atom. The molecular weight excluding hydrogens is 635 g/mol. The number of aromatic nitrogens is 4. The second-order valence-corrected chi connectivity index (χ2v) is 16.9. The van der Waals surface area contributed by atoms with Crippen LogP contribution in [0.3, 0.4) is 0 Å². The van der Waals surface area contributed by atoms with Gasteiger partial charge in [-0.3, -0.25) is 0 Å². The summed E-state index contributed by atoms with van der Waals surface area (Å²) in [5.41, 5.74) is 5.50. The molecule has 4 aromatic rings. The smallest absolute Gasteiger partial charge is 0.264 e. The molecule has 0 amide bonds. The van der Waals surface area contributed by atoms with Crippen molar-refractivity contribution in [3.8, 4) is 22.9 Å². The van der Waals surface area contributed by atoms with Crippen LogP contribution in [0.2, 0.25) is 0 Å². The van der Waals surface area contributed by atoms with Crippen molar-refractivity contribution in [3.05, 3.63) is 82.9 Å². The molecule has 49 heavy (non-hydrogen) atoms. The van der Waals surface area contributed by atoms with E-state index in [-0.39, 0.29) is 34.2 Å². The first-order chi connectivity index (χ1) is 23.1. The van der Waals surface area contributed by atoms with Gasteiger partial charge in [-0.2, -0.15) is 4.98 Å². The number of nitrogens with one attached hydrogen (secondary N) is 1. The van der Waals surface area contributed by atoms with Crippen molar-refractivity contribution < 1.29 is 17.9 Å². The second kappa shape index (κ2) is 14.8. The van der Waals surface area contributed by atoms with Gasteiger partial charge < -0.3 is 9.47 Å². The molecule has 262 valence electrons. The van der Waals surface area contributed by atoms with E-state index in [1.54, 1.807) is 30.6 Å². The second-order valence-electron chi connectivity index (χ2n) is 15.2. The topological polar surface area (TPSA) is 116 Å². The van der Waals surface area contributed by atoms with E-state index in [1.165, 1.54) is 5.56 Å². The Balaban J connectivity index is 1.64. The van der Waals surface area contributed by atoms with E-state index in [4.69, 9.17) is 14.5 Å². The number of rotatable bonds is 9. The predicted octanol–water partition coefficient (Wildman–Crippen LogP) is 8.50. The van der Waals surface area contributed by atoms with Crippen molar-refractivity contribution in [3.63, 3.8) is 0 Å². The molecule has 1 N–H and O–H groups in total. The molecule has 2 aromatic heterocycles. The Bertz CT molecular complexity index is 1870. The molecule has 2 aromatic carbocycles. The van der Waals surface area contributed by atoms with Crippen LogP contribution in [0.1, 0.15) is 95.3 Å². The maximum Gasteiger partial charge on any atom is 0.264 e. The Labute approximate surface area is 292 Å². The highest BCUT2D eigenvalue weighted by atomic mass is 32.2. The van der Waals surface area contributed by atoms with Crippen LogP contribution in [0.25, 0.3) is 11.3 Å². The molecule has 0 radical (unpaired) electrons. The summed E-state index contributed by atoms with van der Waals surface area (Å²) in [6, 6.07) is 13.4. The fraction of sp³-hybridized carbons (Fsp3) is 0.487. The Morgan fingerprint density at radius 3 is 2.39 bits per heavy atom. The first kappa shape index (κ1) is 36.2. The zero-order valence-corrected chi connectivity index (χ0v) is 31.2. The molecule has 0 fully saturated rings. The average Bonchev–Trinajstić information content (AvgIpc) is 3.02. The molecule has 1 aliphatic heterocycles. The Morgan fingerprint density at radius 2 is 1.71 bits per heavy atom. The van der Waals surface area contributed by atoms with E-state index < -0.39 is 10.0 Å². The number of sulfonamides is 1. The van der Waals surface area contributed by atoms with Gasteiger partial charge in [-0.05, 0) is 93.0 Å². The van der Waals surface area contributed by atoms with Crippen molar-refractivity contribution >= 4 is 16.0 Å². The van der Waals surface area contributed by atoms with Crippen molar-refractivity contribution in [1.82, 2.24) is 19.9 Å². The van der Waals surface area contributed by atoms with Crippen LogP contribution in [0.5, 0.6) is 11.6 Å². The SMILES string of the molecule is Cc1cccc(CCC(C)C)c1-c1nc2nc(c1C)OC[C@@H](CC(C)(C)C)C(Cc1ncc(OC(C)C)cn1)c1cccc(c1)S(=O)(=O)N2. The molecule has 0 spiro atoms. The third kappa shape index (κ3) is 9.15. The summed E-state index contributed by atoms with van der Waals surface area (Å²) < 4.78 is 43.1. The zero-order valence-electron chi connectivity index (χ0n) is 30.4. The van der Waals surface area contributed by atoms with Gasteiger partial charge in [-0.1, -0.05) is 65.0 Å². The lowest BCUT2D eigenvalue weighted by atomic mass is 9.75. The molecule has 1 unspecified atom stereocenters. The summed E-state index contributed by atoms with van der Waals surface area (Å²) in [5, 5.41) is 0. The molecule has 3 heterocycles. The summed E-state index contributed by atoms with van der Waals surface area (Å²) in [5.74, 6) is 1.97. The number of fused-ring (bicyclic) bond motifs is 4. The van der Waals surface area contributed by atoms with Gasteiger partial charge in [0.25, 0.3) is 10.0 Å². The number of ether oxygens (including phenoxy) is 2. The van der Waals surface area contributed by atoms with E-state index in [2.05, 4.69) is 79.4 Å². The lowest BCUT2D eigenvalue weighted by Crippen LogP contribution is -2.28. The molecule has 5 rings (SSSR count). The van der Waals surface area contributed by atoms with E-state index in [9.17, 15) is 8.42 Å². The van der Waals surface area contributed by atoms with Gasteiger partial charge in [0, 0.05) is 23.5 Å². The van der Waals surface area contributed by atoms with Gasteiger partial charge in [-0.15, -0.1) is 0 Å². The summed E-state index contributed by atoms with van der Waals surface area (Å²) in [7, 11) is -4.04. The number of anilines is 1. The molecule has 0 saturated carbocycles. The zero-order chi connectivity index (χ0) is 35.5. The van der Waals surface area contributed by atoms with Crippen LogP contribution in [-0.4, -0.2) is 41.1 Å². The highest BCUT2D eigenvalue weighted by Gasteiger charge is 2.32. The maximum atomic E-state index is 14.0. The largest absolute Gasteiger partial charge is 0.488 e. The normalized spacial score (nSPS) is 17.5. The Hall–Kier alpha value is -4.05. The monoisotopic (exact) mass is 685 g/mol. The molecule has 1 aliphatic rings. The van der Waals surface area contributed by atoms with Crippen molar-refractivity contribution in [2.24, 2.45) is 17.3 Å². The van der Waals surface area contributed by atoms with Crippen LogP contribution in [0.4, 0.5) is 5.95 Å². The fourth-order valence-electron chi connectivity index (χ4n) is 6.56. The maximum absolute atomic E-state index is 14.0. The van der Waals surface area contributed by atoms with Gasteiger partial charge in [0.05, 0.1) is 35.7 Å². The van der Waals surface area contributed by atoms with E-state index >= 15 is 0 Å². The molecule has 4 bridgehead atoms. The number of aryl methyl sites for hydroxylation is 2. The molecule has 0 aliphatic carbocycles. The van der Waals surface area contributed by atoms with Crippen LogP contribution in [0, 0.1) is 31.1 Å². The van der Waals surface area contributed by atoms with Gasteiger partial charge >= 0.3 is 0 Å². The quantitative estimate of drug-likeness (QED) is 0.187. The van der Waals surface area contributed by atoms with Gasteiger partial charge in [0.1, 0.15) is 5.82 Å². The lowest BCUT2D eigenvalue weighted by molar-refractivity contribution is 0.165. The fourth-order valence-corrected chi connectivity index (χ4v) is 7.56. The van der Waals surface area contributed by atoms with Crippen LogP contribution < -0.4 is 14.2 Å². The van der Waals surface area contributed by atoms with Crippen molar-refractivity contribution in [2.45, 2.75) is 105 Å².